The highest BCUT2D eigenvalue weighted by atomic mass is 16.7. The highest BCUT2D eigenvalue weighted by molar-refractivity contribution is 5.75. The van der Waals surface area contributed by atoms with Gasteiger partial charge in [-0.15, -0.1) is 0 Å². The van der Waals surface area contributed by atoms with E-state index in [1.54, 1.807) is 0 Å². The van der Waals surface area contributed by atoms with Crippen LogP contribution in [0, 0.1) is 5.92 Å². The van der Waals surface area contributed by atoms with E-state index in [-0.39, 0.29) is 5.92 Å². The van der Waals surface area contributed by atoms with Crippen molar-refractivity contribution in [1.82, 2.24) is 0 Å². The zero-order chi connectivity index (χ0) is 24.5. The van der Waals surface area contributed by atoms with Crippen LogP contribution in [0.3, 0.4) is 0 Å². The zero-order valence-electron chi connectivity index (χ0n) is 19.7. The van der Waals surface area contributed by atoms with E-state index in [4.69, 9.17) is 28.8 Å². The monoisotopic (exact) mass is 478 g/mol. The Hall–Kier alpha value is -3.55. The molecule has 1 aliphatic heterocycles. The Morgan fingerprint density at radius 1 is 0.829 bits per heavy atom. The maximum absolute atomic E-state index is 11.2. The third kappa shape index (κ3) is 7.21. The lowest BCUT2D eigenvalue weighted by Gasteiger charge is -2.34. The minimum absolute atomic E-state index is 0.116. The molecule has 0 aliphatic carbocycles. The molecule has 7 heteroatoms. The third-order valence-corrected chi connectivity index (χ3v) is 5.65. The topological polar surface area (TPSA) is 83.5 Å². The molecule has 184 valence electrons. The standard InChI is InChI=1S/C28H30O7/c1-28(27(29)30)33-19-22(20-34-28)18-21-8-10-23(11-9-21)31-16-5-17-32-24-12-14-26(15-13-24)35-25-6-3-2-4-7-25/h2-4,6-15,22H,5,16-20H2,1H3,(H,29,30). The number of rotatable bonds is 11. The molecule has 1 fully saturated rings. The van der Waals surface area contributed by atoms with Gasteiger partial charge in [-0.25, -0.2) is 4.79 Å². The first kappa shape index (κ1) is 24.6. The molecule has 1 N–H and O–H groups in total. The van der Waals surface area contributed by atoms with Gasteiger partial charge in [-0.1, -0.05) is 30.3 Å². The first-order valence-electron chi connectivity index (χ1n) is 11.7. The Balaban J connectivity index is 1.12. The second-order valence-electron chi connectivity index (χ2n) is 8.52. The summed E-state index contributed by atoms with van der Waals surface area (Å²) < 4.78 is 28.2. The van der Waals surface area contributed by atoms with E-state index in [2.05, 4.69) is 0 Å². The molecule has 35 heavy (non-hydrogen) atoms. The summed E-state index contributed by atoms with van der Waals surface area (Å²) in [6.45, 7) is 3.23. The number of aliphatic carboxylic acids is 1. The van der Waals surface area contributed by atoms with E-state index in [1.807, 2.05) is 78.9 Å². The van der Waals surface area contributed by atoms with Crippen molar-refractivity contribution in [3.05, 3.63) is 84.4 Å². The molecule has 0 atom stereocenters. The summed E-state index contributed by atoms with van der Waals surface area (Å²) in [5, 5.41) is 9.15. The molecule has 0 radical (unpaired) electrons. The average Bonchev–Trinajstić information content (AvgIpc) is 2.88. The number of carbonyl (C=O) groups is 1. The summed E-state index contributed by atoms with van der Waals surface area (Å²) in [6, 6.07) is 25.1. The molecular weight excluding hydrogens is 448 g/mol. The van der Waals surface area contributed by atoms with Gasteiger partial charge in [-0.2, -0.15) is 0 Å². The average molecular weight is 479 g/mol. The van der Waals surface area contributed by atoms with E-state index in [0.717, 1.165) is 41.4 Å². The van der Waals surface area contributed by atoms with Gasteiger partial charge >= 0.3 is 5.97 Å². The van der Waals surface area contributed by atoms with E-state index in [0.29, 0.717) is 26.4 Å². The lowest BCUT2D eigenvalue weighted by molar-refractivity contribution is -0.270. The van der Waals surface area contributed by atoms with E-state index in [9.17, 15) is 4.79 Å². The molecule has 1 aliphatic rings. The minimum atomic E-state index is -1.54. The quantitative estimate of drug-likeness (QED) is 0.373. The van der Waals surface area contributed by atoms with Crippen LogP contribution in [0.2, 0.25) is 0 Å². The van der Waals surface area contributed by atoms with Crippen LogP contribution in [0.1, 0.15) is 18.9 Å². The van der Waals surface area contributed by atoms with Crippen LogP contribution in [0.15, 0.2) is 78.9 Å². The van der Waals surface area contributed by atoms with E-state index >= 15 is 0 Å². The Morgan fingerprint density at radius 3 is 1.91 bits per heavy atom. The number of carboxylic acids is 1. The van der Waals surface area contributed by atoms with Crippen molar-refractivity contribution in [2.45, 2.75) is 25.6 Å². The van der Waals surface area contributed by atoms with Crippen LogP contribution in [-0.4, -0.2) is 43.3 Å². The smallest absolute Gasteiger partial charge is 0.364 e. The van der Waals surface area contributed by atoms with Crippen molar-refractivity contribution in [2.24, 2.45) is 5.92 Å². The molecule has 1 heterocycles. The summed E-state index contributed by atoms with van der Waals surface area (Å²) in [5.74, 6) is 0.613. The number of benzene rings is 3. The molecule has 7 nitrogen and oxygen atoms in total. The maximum atomic E-state index is 11.2. The van der Waals surface area contributed by atoms with Crippen LogP contribution in [0.5, 0.6) is 23.0 Å². The molecule has 0 saturated carbocycles. The fourth-order valence-corrected chi connectivity index (χ4v) is 3.61. The number of ether oxygens (including phenoxy) is 5. The summed E-state index contributed by atoms with van der Waals surface area (Å²) >= 11 is 0. The SMILES string of the molecule is CC1(C(=O)O)OCC(Cc2ccc(OCCCOc3ccc(Oc4ccccc4)cc3)cc2)CO1. The van der Waals surface area contributed by atoms with Crippen molar-refractivity contribution in [3.8, 4) is 23.0 Å². The van der Waals surface area contributed by atoms with Crippen LogP contribution in [0.25, 0.3) is 0 Å². The predicted octanol–water partition coefficient (Wildman–Crippen LogP) is 5.33. The normalized spacial score (nSPS) is 19.6. The molecule has 0 unspecified atom stereocenters. The molecule has 3 aromatic rings. The van der Waals surface area contributed by atoms with Crippen molar-refractivity contribution in [3.63, 3.8) is 0 Å². The molecule has 0 bridgehead atoms. The van der Waals surface area contributed by atoms with Gasteiger partial charge in [-0.3, -0.25) is 0 Å². The van der Waals surface area contributed by atoms with E-state index < -0.39 is 11.8 Å². The molecule has 0 amide bonds. The number of hydrogen-bond donors (Lipinski definition) is 1. The second-order valence-corrected chi connectivity index (χ2v) is 8.52. The zero-order valence-corrected chi connectivity index (χ0v) is 19.7. The van der Waals surface area contributed by atoms with Gasteiger partial charge in [0.1, 0.15) is 23.0 Å². The van der Waals surface area contributed by atoms with Crippen LogP contribution in [0.4, 0.5) is 0 Å². The largest absolute Gasteiger partial charge is 0.493 e. The van der Waals surface area contributed by atoms with Crippen LogP contribution in [-0.2, 0) is 20.7 Å². The number of carboxylic acid groups (broad SMARTS) is 1. The van der Waals surface area contributed by atoms with Gasteiger partial charge in [0.2, 0.25) is 0 Å². The summed E-state index contributed by atoms with van der Waals surface area (Å²) in [5.41, 5.74) is 1.12. The Kier molecular flexibility index (Phi) is 8.23. The molecule has 1 saturated heterocycles. The van der Waals surface area contributed by atoms with Crippen molar-refractivity contribution < 1.29 is 33.6 Å². The maximum Gasteiger partial charge on any atom is 0.364 e. The lowest BCUT2D eigenvalue weighted by atomic mass is 9.99. The van der Waals surface area contributed by atoms with Crippen molar-refractivity contribution >= 4 is 5.97 Å². The Labute approximate surface area is 205 Å². The third-order valence-electron chi connectivity index (χ3n) is 5.65. The van der Waals surface area contributed by atoms with Crippen LogP contribution >= 0.6 is 0 Å². The lowest BCUT2D eigenvalue weighted by Crippen LogP contribution is -2.48. The van der Waals surface area contributed by atoms with Crippen molar-refractivity contribution in [1.29, 1.82) is 0 Å². The minimum Gasteiger partial charge on any atom is -0.493 e. The highest BCUT2D eigenvalue weighted by Crippen LogP contribution is 2.25. The Morgan fingerprint density at radius 2 is 1.34 bits per heavy atom. The molecule has 4 rings (SSSR count). The molecular formula is C28H30O7. The summed E-state index contributed by atoms with van der Waals surface area (Å²) in [7, 11) is 0. The Bertz CT molecular complexity index is 1060. The number of para-hydroxylation sites is 1. The first-order chi connectivity index (χ1) is 17.0. The molecule has 3 aromatic carbocycles. The van der Waals surface area contributed by atoms with Gasteiger partial charge in [0.15, 0.2) is 0 Å². The number of hydrogen-bond acceptors (Lipinski definition) is 6. The van der Waals surface area contributed by atoms with Gasteiger partial charge in [0.25, 0.3) is 5.79 Å². The fraction of sp³-hybridized carbons (Fsp3) is 0.321. The van der Waals surface area contributed by atoms with Gasteiger partial charge in [0, 0.05) is 19.3 Å². The van der Waals surface area contributed by atoms with Crippen molar-refractivity contribution in [2.75, 3.05) is 26.4 Å². The van der Waals surface area contributed by atoms with Gasteiger partial charge < -0.3 is 28.8 Å². The fourth-order valence-electron chi connectivity index (χ4n) is 3.61. The predicted molar refractivity (Wildman–Crippen MR) is 130 cm³/mol. The van der Waals surface area contributed by atoms with Crippen LogP contribution < -0.4 is 14.2 Å². The first-order valence-corrected chi connectivity index (χ1v) is 11.7. The molecule has 0 aromatic heterocycles. The highest BCUT2D eigenvalue weighted by Gasteiger charge is 2.40. The molecule has 0 spiro atoms. The van der Waals surface area contributed by atoms with E-state index in [1.165, 1.54) is 6.92 Å². The van der Waals surface area contributed by atoms with Gasteiger partial charge in [0.05, 0.1) is 26.4 Å². The van der Waals surface area contributed by atoms with Gasteiger partial charge in [-0.05, 0) is 60.5 Å². The summed E-state index contributed by atoms with van der Waals surface area (Å²) in [4.78, 5) is 11.2. The second kappa shape index (κ2) is 11.7. The summed E-state index contributed by atoms with van der Waals surface area (Å²) in [6.07, 6.45) is 1.50.